The van der Waals surface area contributed by atoms with Crippen molar-refractivity contribution < 1.29 is 14.4 Å². The monoisotopic (exact) mass is 324 g/mol. The third kappa shape index (κ3) is 4.94. The zero-order valence-corrected chi connectivity index (χ0v) is 14.4. The Balaban J connectivity index is 2.57. The van der Waals surface area contributed by atoms with Gasteiger partial charge >= 0.3 is 0 Å². The molecule has 2 atom stereocenters. The van der Waals surface area contributed by atoms with Crippen molar-refractivity contribution in [2.24, 2.45) is 11.7 Å². The molecule has 5 nitrogen and oxygen atoms in total. The molecular weight excluding hydrogens is 300 g/mol. The number of nitrogens with two attached hydrogens (primary N) is 1. The highest BCUT2D eigenvalue weighted by molar-refractivity contribution is 7.12. The lowest BCUT2D eigenvalue weighted by molar-refractivity contribution is -0.128. The number of thiophene rings is 1. The SMILES string of the molecule is CCC(C)C(NC(=O)CCC(=O)c1cc(C)sc1C)C(N)=O. The molecular formula is C16H24N2O3S. The number of aryl methyl sites for hydroxylation is 2. The molecule has 0 aliphatic heterocycles. The Morgan fingerprint density at radius 3 is 2.36 bits per heavy atom. The minimum atomic E-state index is -0.683. The van der Waals surface area contributed by atoms with Gasteiger partial charge in [-0.2, -0.15) is 0 Å². The fraction of sp³-hybridized carbons (Fsp3) is 0.562. The largest absolute Gasteiger partial charge is 0.368 e. The second-order valence-corrected chi connectivity index (χ2v) is 7.04. The van der Waals surface area contributed by atoms with Crippen molar-refractivity contribution in [1.29, 1.82) is 0 Å². The molecule has 6 heteroatoms. The second kappa shape index (κ2) is 8.08. The van der Waals surface area contributed by atoms with Crippen LogP contribution in [0.3, 0.4) is 0 Å². The molecule has 0 fully saturated rings. The quantitative estimate of drug-likeness (QED) is 0.719. The molecule has 0 spiro atoms. The average molecular weight is 324 g/mol. The number of carbonyl (C=O) groups is 3. The van der Waals surface area contributed by atoms with Gasteiger partial charge in [-0.1, -0.05) is 20.3 Å². The van der Waals surface area contributed by atoms with Gasteiger partial charge in [-0.3, -0.25) is 14.4 Å². The van der Waals surface area contributed by atoms with Crippen molar-refractivity contribution in [3.8, 4) is 0 Å². The van der Waals surface area contributed by atoms with Crippen LogP contribution in [0.4, 0.5) is 0 Å². The van der Waals surface area contributed by atoms with E-state index in [1.807, 2.05) is 33.8 Å². The van der Waals surface area contributed by atoms with Crippen LogP contribution in [0.5, 0.6) is 0 Å². The molecule has 0 aliphatic carbocycles. The summed E-state index contributed by atoms with van der Waals surface area (Å²) in [4.78, 5) is 37.5. The van der Waals surface area contributed by atoms with Crippen molar-refractivity contribution >= 4 is 28.9 Å². The summed E-state index contributed by atoms with van der Waals surface area (Å²) in [7, 11) is 0. The van der Waals surface area contributed by atoms with Gasteiger partial charge in [-0.15, -0.1) is 11.3 Å². The van der Waals surface area contributed by atoms with Crippen molar-refractivity contribution in [2.75, 3.05) is 0 Å². The van der Waals surface area contributed by atoms with E-state index in [9.17, 15) is 14.4 Å². The first-order valence-corrected chi connectivity index (χ1v) is 8.26. The molecule has 3 N–H and O–H groups in total. The Kier molecular flexibility index (Phi) is 6.74. The summed E-state index contributed by atoms with van der Waals surface area (Å²) in [5.74, 6) is -0.935. The molecule has 0 radical (unpaired) electrons. The van der Waals surface area contributed by atoms with Crippen LogP contribution in [-0.4, -0.2) is 23.6 Å². The van der Waals surface area contributed by atoms with E-state index in [1.165, 1.54) is 0 Å². The van der Waals surface area contributed by atoms with Crippen LogP contribution in [0.25, 0.3) is 0 Å². The van der Waals surface area contributed by atoms with Gasteiger partial charge in [0.05, 0.1) is 0 Å². The third-order valence-electron chi connectivity index (χ3n) is 3.76. The van der Waals surface area contributed by atoms with Crippen molar-refractivity contribution in [2.45, 2.75) is 53.0 Å². The number of hydrogen-bond acceptors (Lipinski definition) is 4. The number of ketones is 1. The lowest BCUT2D eigenvalue weighted by atomic mass is 9.98. The maximum atomic E-state index is 12.1. The Morgan fingerprint density at radius 1 is 1.27 bits per heavy atom. The standard InChI is InChI=1S/C16H24N2O3S/c1-5-9(2)15(16(17)21)18-14(20)7-6-13(19)12-8-10(3)22-11(12)4/h8-9,15H,5-7H2,1-4H3,(H2,17,21)(H,18,20). The van der Waals surface area contributed by atoms with Gasteiger partial charge in [0, 0.05) is 28.2 Å². The molecule has 1 heterocycles. The average Bonchev–Trinajstić information content (AvgIpc) is 2.79. The Hall–Kier alpha value is -1.69. The van der Waals surface area contributed by atoms with Crippen molar-refractivity contribution in [3.05, 3.63) is 21.4 Å². The van der Waals surface area contributed by atoms with E-state index >= 15 is 0 Å². The van der Waals surface area contributed by atoms with Crippen LogP contribution < -0.4 is 11.1 Å². The molecule has 1 rings (SSSR count). The number of hydrogen-bond donors (Lipinski definition) is 2. The van der Waals surface area contributed by atoms with E-state index in [1.54, 1.807) is 11.3 Å². The zero-order valence-electron chi connectivity index (χ0n) is 13.6. The molecule has 0 aliphatic rings. The number of rotatable bonds is 8. The summed E-state index contributed by atoms with van der Waals surface area (Å²) in [5.41, 5.74) is 6.00. The summed E-state index contributed by atoms with van der Waals surface area (Å²) in [6.45, 7) is 7.64. The van der Waals surface area contributed by atoms with E-state index in [4.69, 9.17) is 5.73 Å². The number of nitrogens with one attached hydrogen (secondary N) is 1. The molecule has 1 aromatic heterocycles. The maximum absolute atomic E-state index is 12.1. The Bertz CT molecular complexity index is 566. The highest BCUT2D eigenvalue weighted by Gasteiger charge is 2.24. The summed E-state index contributed by atoms with van der Waals surface area (Å²) >= 11 is 1.57. The first kappa shape index (κ1) is 18.4. The molecule has 2 unspecified atom stereocenters. The Labute approximate surface area is 135 Å². The summed E-state index contributed by atoms with van der Waals surface area (Å²) in [6.07, 6.45) is 0.933. The molecule has 1 aromatic rings. The first-order valence-electron chi connectivity index (χ1n) is 7.45. The summed E-state index contributed by atoms with van der Waals surface area (Å²) in [5, 5.41) is 2.63. The first-order chi connectivity index (χ1) is 10.3. The number of primary amides is 1. The fourth-order valence-corrected chi connectivity index (χ4v) is 3.19. The number of carbonyl (C=O) groups excluding carboxylic acids is 3. The highest BCUT2D eigenvalue weighted by Crippen LogP contribution is 2.22. The van der Waals surface area contributed by atoms with E-state index in [0.29, 0.717) is 5.56 Å². The molecule has 0 aromatic carbocycles. The fourth-order valence-electron chi connectivity index (χ4n) is 2.24. The Morgan fingerprint density at radius 2 is 1.91 bits per heavy atom. The van der Waals surface area contributed by atoms with E-state index in [0.717, 1.165) is 16.2 Å². The van der Waals surface area contributed by atoms with Gasteiger partial charge in [0.2, 0.25) is 11.8 Å². The van der Waals surface area contributed by atoms with Crippen molar-refractivity contribution in [3.63, 3.8) is 0 Å². The summed E-state index contributed by atoms with van der Waals surface area (Å²) < 4.78 is 0. The minimum Gasteiger partial charge on any atom is -0.368 e. The topological polar surface area (TPSA) is 89.3 Å². The highest BCUT2D eigenvalue weighted by atomic mass is 32.1. The maximum Gasteiger partial charge on any atom is 0.240 e. The zero-order chi connectivity index (χ0) is 16.9. The van der Waals surface area contributed by atoms with Crippen molar-refractivity contribution in [1.82, 2.24) is 5.32 Å². The van der Waals surface area contributed by atoms with E-state index in [2.05, 4.69) is 5.32 Å². The molecule has 0 saturated heterocycles. The van der Waals surface area contributed by atoms with Crippen LogP contribution in [0.15, 0.2) is 6.07 Å². The van der Waals surface area contributed by atoms with E-state index < -0.39 is 11.9 Å². The lowest BCUT2D eigenvalue weighted by Gasteiger charge is -2.21. The van der Waals surface area contributed by atoms with Gasteiger partial charge in [0.1, 0.15) is 6.04 Å². The predicted molar refractivity (Wildman–Crippen MR) is 87.9 cm³/mol. The van der Waals surface area contributed by atoms with Gasteiger partial charge in [0.25, 0.3) is 0 Å². The second-order valence-electron chi connectivity index (χ2n) is 5.58. The molecule has 0 bridgehead atoms. The smallest absolute Gasteiger partial charge is 0.240 e. The van der Waals surface area contributed by atoms with Crippen LogP contribution in [-0.2, 0) is 9.59 Å². The van der Waals surface area contributed by atoms with E-state index in [-0.39, 0.29) is 30.4 Å². The van der Waals surface area contributed by atoms with Crippen LogP contribution in [0, 0.1) is 19.8 Å². The minimum absolute atomic E-state index is 0.0288. The lowest BCUT2D eigenvalue weighted by Crippen LogP contribution is -2.48. The van der Waals surface area contributed by atoms with Gasteiger partial charge in [-0.25, -0.2) is 0 Å². The molecule has 2 amide bonds. The molecule has 122 valence electrons. The number of Topliss-reactive ketones (excluding diaryl/α,β-unsaturated/α-hetero) is 1. The van der Waals surface area contributed by atoms with Gasteiger partial charge in [-0.05, 0) is 25.8 Å². The van der Waals surface area contributed by atoms with Crippen LogP contribution >= 0.6 is 11.3 Å². The molecule has 0 saturated carbocycles. The van der Waals surface area contributed by atoms with Gasteiger partial charge < -0.3 is 11.1 Å². The van der Waals surface area contributed by atoms with Gasteiger partial charge in [0.15, 0.2) is 5.78 Å². The number of amides is 2. The van der Waals surface area contributed by atoms with Crippen LogP contribution in [0.2, 0.25) is 0 Å². The normalized spacial score (nSPS) is 13.5. The van der Waals surface area contributed by atoms with Crippen LogP contribution in [0.1, 0.15) is 53.2 Å². The third-order valence-corrected chi connectivity index (χ3v) is 4.72. The molecule has 22 heavy (non-hydrogen) atoms. The predicted octanol–water partition coefficient (Wildman–Crippen LogP) is 2.34. The summed E-state index contributed by atoms with van der Waals surface area (Å²) in [6, 6.07) is 1.17.